The molecule has 198 valence electrons. The van der Waals surface area contributed by atoms with E-state index in [1.165, 1.54) is 18.9 Å². The first-order valence-corrected chi connectivity index (χ1v) is 12.7. The van der Waals surface area contributed by atoms with Gasteiger partial charge in [-0.1, -0.05) is 30.3 Å². The number of rotatable bonds is 10. The van der Waals surface area contributed by atoms with Crippen LogP contribution in [0.5, 0.6) is 0 Å². The molecule has 10 nitrogen and oxygen atoms in total. The fraction of sp³-hybridized carbons (Fsp3) is 0.615. The molecule has 0 saturated carbocycles. The summed E-state index contributed by atoms with van der Waals surface area (Å²) in [4.78, 5) is 50.6. The molecule has 2 aliphatic heterocycles. The zero-order chi connectivity index (χ0) is 26.1. The van der Waals surface area contributed by atoms with Crippen LogP contribution in [0.25, 0.3) is 0 Å². The van der Waals surface area contributed by atoms with Crippen molar-refractivity contribution in [1.29, 1.82) is 0 Å². The second-order valence-electron chi connectivity index (χ2n) is 9.10. The highest BCUT2D eigenvalue weighted by atomic mass is 16.7. The van der Waals surface area contributed by atoms with Crippen LogP contribution in [0, 0.1) is 0 Å². The first-order chi connectivity index (χ1) is 17.3. The summed E-state index contributed by atoms with van der Waals surface area (Å²) in [6, 6.07) is 7.69. The van der Waals surface area contributed by atoms with E-state index in [1.807, 2.05) is 35.3 Å². The number of benzene rings is 1. The molecule has 0 aliphatic carbocycles. The molecule has 0 spiro atoms. The largest absolute Gasteiger partial charge is 0.465 e. The molecule has 2 heterocycles. The molecule has 0 bridgehead atoms. The van der Waals surface area contributed by atoms with E-state index in [4.69, 9.17) is 14.2 Å². The predicted molar refractivity (Wildman–Crippen MR) is 130 cm³/mol. The first-order valence-electron chi connectivity index (χ1n) is 12.7. The number of carbonyl (C=O) groups excluding carboxylic acids is 4. The van der Waals surface area contributed by atoms with Crippen LogP contribution in [-0.2, 0) is 39.8 Å². The van der Waals surface area contributed by atoms with E-state index in [9.17, 15) is 19.2 Å². The number of amides is 1. The summed E-state index contributed by atoms with van der Waals surface area (Å²) < 4.78 is 15.5. The summed E-state index contributed by atoms with van der Waals surface area (Å²) >= 11 is 0. The van der Waals surface area contributed by atoms with E-state index in [0.717, 1.165) is 18.4 Å². The van der Waals surface area contributed by atoms with Gasteiger partial charge in [-0.2, -0.15) is 0 Å². The fourth-order valence-electron chi connectivity index (χ4n) is 4.75. The Kier molecular flexibility index (Phi) is 10.2. The van der Waals surface area contributed by atoms with Crippen molar-refractivity contribution in [2.45, 2.75) is 83.7 Å². The quantitative estimate of drug-likeness (QED) is 0.378. The van der Waals surface area contributed by atoms with Gasteiger partial charge in [0.1, 0.15) is 12.1 Å². The molecule has 36 heavy (non-hydrogen) atoms. The topological polar surface area (TPSA) is 114 Å². The van der Waals surface area contributed by atoms with Crippen molar-refractivity contribution in [2.24, 2.45) is 0 Å². The molecule has 10 heteroatoms. The number of carbonyl (C=O) groups is 4. The lowest BCUT2D eigenvalue weighted by molar-refractivity contribution is -0.198. The molecule has 4 atom stereocenters. The number of ether oxygens (including phenoxy) is 3. The summed E-state index contributed by atoms with van der Waals surface area (Å²) in [5, 5.41) is 6.62. The molecule has 1 amide bonds. The van der Waals surface area contributed by atoms with Crippen LogP contribution in [0.15, 0.2) is 30.3 Å². The molecule has 1 aromatic rings. The van der Waals surface area contributed by atoms with Crippen LogP contribution in [-0.4, -0.2) is 77.9 Å². The first kappa shape index (κ1) is 27.6. The molecule has 3 rings (SSSR count). The van der Waals surface area contributed by atoms with Crippen molar-refractivity contribution in [2.75, 3.05) is 19.7 Å². The van der Waals surface area contributed by atoms with Crippen molar-refractivity contribution in [3.05, 3.63) is 35.9 Å². The number of hydrogen-bond donors (Lipinski definition) is 1. The van der Waals surface area contributed by atoms with Crippen LogP contribution < -0.4 is 5.32 Å². The average molecular weight is 504 g/mol. The van der Waals surface area contributed by atoms with Crippen LogP contribution in [0.3, 0.4) is 0 Å². The molecule has 2 saturated heterocycles. The van der Waals surface area contributed by atoms with E-state index >= 15 is 0 Å². The Bertz CT molecular complexity index is 910. The number of esters is 3. The standard InChI is InChI=1S/C26H37N3O7/c1-4-34-25(32)22(15-14-20-10-6-5-7-11-20)27-21-12-8-16-28-17-9-13-23(29(28)24(21)31)26(33)36-19(3)35-18(2)30/h5-7,10-11,19,21-23,27H,4,8-9,12-17H2,1-3H3/t19-,21?,22-,23?/m0/s1. The van der Waals surface area contributed by atoms with Crippen LogP contribution in [0.4, 0.5) is 0 Å². The van der Waals surface area contributed by atoms with Crippen molar-refractivity contribution in [3.8, 4) is 0 Å². The monoisotopic (exact) mass is 503 g/mol. The van der Waals surface area contributed by atoms with Gasteiger partial charge in [0.05, 0.1) is 12.6 Å². The fourth-order valence-corrected chi connectivity index (χ4v) is 4.75. The third kappa shape index (κ3) is 7.51. The Morgan fingerprint density at radius 1 is 1.08 bits per heavy atom. The molecular formula is C26H37N3O7. The lowest BCUT2D eigenvalue weighted by Crippen LogP contribution is -2.62. The average Bonchev–Trinajstić information content (AvgIpc) is 3.00. The Morgan fingerprint density at radius 3 is 2.44 bits per heavy atom. The third-order valence-electron chi connectivity index (χ3n) is 6.35. The maximum absolute atomic E-state index is 13.7. The molecule has 1 N–H and O–H groups in total. The summed E-state index contributed by atoms with van der Waals surface area (Å²) in [5.74, 6) is -1.85. The maximum atomic E-state index is 13.7. The van der Waals surface area contributed by atoms with Gasteiger partial charge in [-0.05, 0) is 51.0 Å². The number of fused-ring (bicyclic) bond motifs is 1. The van der Waals surface area contributed by atoms with Crippen molar-refractivity contribution in [1.82, 2.24) is 15.3 Å². The Labute approximate surface area is 212 Å². The lowest BCUT2D eigenvalue weighted by atomic mass is 10.0. The zero-order valence-corrected chi connectivity index (χ0v) is 21.3. The highest BCUT2D eigenvalue weighted by Gasteiger charge is 2.43. The number of nitrogens with one attached hydrogen (secondary N) is 1. The Hall–Kier alpha value is -2.98. The van der Waals surface area contributed by atoms with Gasteiger partial charge in [-0.15, -0.1) is 0 Å². The normalized spacial score (nSPS) is 22.1. The second kappa shape index (κ2) is 13.4. The molecule has 1 aromatic carbocycles. The van der Waals surface area contributed by atoms with Gasteiger partial charge in [0.15, 0.2) is 0 Å². The minimum absolute atomic E-state index is 0.245. The maximum Gasteiger partial charge on any atom is 0.333 e. The van der Waals surface area contributed by atoms with E-state index in [-0.39, 0.29) is 12.5 Å². The zero-order valence-electron chi connectivity index (χ0n) is 21.3. The van der Waals surface area contributed by atoms with Crippen molar-refractivity contribution >= 4 is 23.8 Å². The number of aryl methyl sites for hydroxylation is 1. The van der Waals surface area contributed by atoms with Gasteiger partial charge >= 0.3 is 17.9 Å². The van der Waals surface area contributed by atoms with E-state index in [1.54, 1.807) is 6.92 Å². The number of nitrogens with zero attached hydrogens (tertiary/aromatic N) is 2. The van der Waals surface area contributed by atoms with Crippen LogP contribution in [0.1, 0.15) is 58.4 Å². The third-order valence-corrected chi connectivity index (χ3v) is 6.35. The van der Waals surface area contributed by atoms with E-state index in [2.05, 4.69) is 5.32 Å². The molecular weight excluding hydrogens is 466 g/mol. The Morgan fingerprint density at radius 2 is 1.78 bits per heavy atom. The summed E-state index contributed by atoms with van der Waals surface area (Å²) in [5.41, 5.74) is 1.09. The highest BCUT2D eigenvalue weighted by Crippen LogP contribution is 2.25. The van der Waals surface area contributed by atoms with Gasteiger partial charge in [-0.25, -0.2) is 9.80 Å². The molecule has 2 aliphatic rings. The van der Waals surface area contributed by atoms with Crippen LogP contribution >= 0.6 is 0 Å². The minimum Gasteiger partial charge on any atom is -0.465 e. The van der Waals surface area contributed by atoms with E-state index in [0.29, 0.717) is 38.8 Å². The highest BCUT2D eigenvalue weighted by molar-refractivity contribution is 5.88. The predicted octanol–water partition coefficient (Wildman–Crippen LogP) is 1.96. The van der Waals surface area contributed by atoms with Crippen molar-refractivity contribution < 1.29 is 33.4 Å². The molecule has 2 fully saturated rings. The van der Waals surface area contributed by atoms with E-state index < -0.39 is 42.3 Å². The molecule has 0 radical (unpaired) electrons. The number of hydrogen-bond acceptors (Lipinski definition) is 9. The summed E-state index contributed by atoms with van der Waals surface area (Å²) in [7, 11) is 0. The van der Waals surface area contributed by atoms with Gasteiger partial charge in [0.2, 0.25) is 6.29 Å². The summed E-state index contributed by atoms with van der Waals surface area (Å²) in [6.07, 6.45) is 2.49. The Balaban J connectivity index is 1.73. The van der Waals surface area contributed by atoms with Gasteiger partial charge in [-0.3, -0.25) is 24.7 Å². The van der Waals surface area contributed by atoms with Gasteiger partial charge < -0.3 is 14.2 Å². The minimum atomic E-state index is -1.05. The number of hydrazine groups is 1. The summed E-state index contributed by atoms with van der Waals surface area (Å²) in [6.45, 7) is 5.96. The molecule has 0 aromatic heterocycles. The molecule has 2 unspecified atom stereocenters. The lowest BCUT2D eigenvalue weighted by Gasteiger charge is -2.43. The van der Waals surface area contributed by atoms with Gasteiger partial charge in [0.25, 0.3) is 5.91 Å². The smallest absolute Gasteiger partial charge is 0.333 e. The second-order valence-corrected chi connectivity index (χ2v) is 9.10. The SMILES string of the molecule is CCOC(=O)[C@H](CCc1ccccc1)NC1CCCN2CCCC(C(=O)O[C@@H](C)OC(C)=O)N2C1=O. The van der Waals surface area contributed by atoms with Crippen LogP contribution in [0.2, 0.25) is 0 Å². The van der Waals surface area contributed by atoms with Crippen molar-refractivity contribution in [3.63, 3.8) is 0 Å². The van der Waals surface area contributed by atoms with Gasteiger partial charge in [0, 0.05) is 26.9 Å².